The Balaban J connectivity index is 1.50. The summed E-state index contributed by atoms with van der Waals surface area (Å²) in [5, 5.41) is 16.3. The third-order valence-electron chi connectivity index (χ3n) is 4.88. The van der Waals surface area contributed by atoms with Crippen LogP contribution in [0.4, 0.5) is 5.95 Å². The third-order valence-corrected chi connectivity index (χ3v) is 4.88. The van der Waals surface area contributed by atoms with E-state index in [-0.39, 0.29) is 0 Å². The van der Waals surface area contributed by atoms with E-state index >= 15 is 0 Å². The number of benzene rings is 3. The van der Waals surface area contributed by atoms with E-state index in [0.717, 1.165) is 39.6 Å². The van der Waals surface area contributed by atoms with Gasteiger partial charge in [-0.2, -0.15) is 10.1 Å². The number of aryl methyl sites for hydroxylation is 1. The first-order valence-corrected chi connectivity index (χ1v) is 9.23. The number of nitrogens with one attached hydrogen (secondary N) is 1. The molecule has 0 atom stereocenters. The number of rotatable bonds is 4. The van der Waals surface area contributed by atoms with Crippen molar-refractivity contribution >= 4 is 45.0 Å². The number of hydrogen-bond donors (Lipinski definition) is 1. The highest BCUT2D eigenvalue weighted by molar-refractivity contribution is 6.04. The third kappa shape index (κ3) is 2.66. The summed E-state index contributed by atoms with van der Waals surface area (Å²) >= 11 is 0. The highest BCUT2D eigenvalue weighted by Gasteiger charge is 2.13. The molecule has 0 amide bonds. The summed E-state index contributed by atoms with van der Waals surface area (Å²) in [5.41, 5.74) is 6.67. The van der Waals surface area contributed by atoms with Gasteiger partial charge in [-0.3, -0.25) is 0 Å². The second-order valence-corrected chi connectivity index (χ2v) is 6.51. The maximum Gasteiger partial charge on any atom is 0.265 e. The molecule has 0 saturated heterocycles. The summed E-state index contributed by atoms with van der Waals surface area (Å²) < 4.78 is 2.14. The molecule has 0 aliphatic heterocycles. The van der Waals surface area contributed by atoms with Gasteiger partial charge in [0.25, 0.3) is 5.95 Å². The van der Waals surface area contributed by atoms with E-state index < -0.39 is 0 Å². The Bertz CT molecular complexity index is 1330. The molecule has 0 saturated carbocycles. The van der Waals surface area contributed by atoms with Gasteiger partial charge in [-0.05, 0) is 23.8 Å². The lowest BCUT2D eigenvalue weighted by atomic mass is 10.1. The van der Waals surface area contributed by atoms with E-state index in [0.29, 0.717) is 5.95 Å². The summed E-state index contributed by atoms with van der Waals surface area (Å²) in [6.45, 7) is 2.90. The van der Waals surface area contributed by atoms with Gasteiger partial charge in [0.1, 0.15) is 5.52 Å². The molecule has 136 valence electrons. The molecule has 1 N–H and O–H groups in total. The van der Waals surface area contributed by atoms with Crippen molar-refractivity contribution in [1.29, 1.82) is 0 Å². The van der Waals surface area contributed by atoms with Crippen molar-refractivity contribution in [2.45, 2.75) is 13.5 Å². The summed E-state index contributed by atoms with van der Waals surface area (Å²) in [4.78, 5) is 4.64. The van der Waals surface area contributed by atoms with Crippen LogP contribution in [0.5, 0.6) is 0 Å². The first-order valence-electron chi connectivity index (χ1n) is 9.23. The van der Waals surface area contributed by atoms with E-state index in [4.69, 9.17) is 0 Å². The SMILES string of the molecule is CCn1c2ccccc2c2nnc(N/N=C/c3cccc4ccccc34)nc21. The van der Waals surface area contributed by atoms with Gasteiger partial charge >= 0.3 is 0 Å². The Kier molecular flexibility index (Phi) is 3.94. The zero-order valence-corrected chi connectivity index (χ0v) is 15.4. The van der Waals surface area contributed by atoms with E-state index in [1.165, 1.54) is 5.39 Å². The van der Waals surface area contributed by atoms with Crippen LogP contribution in [0.1, 0.15) is 12.5 Å². The normalized spacial score (nSPS) is 11.8. The molecule has 0 radical (unpaired) electrons. The van der Waals surface area contributed by atoms with Gasteiger partial charge in [0.05, 0.1) is 11.7 Å². The van der Waals surface area contributed by atoms with Gasteiger partial charge in [-0.15, -0.1) is 10.2 Å². The fourth-order valence-electron chi connectivity index (χ4n) is 3.59. The lowest BCUT2D eigenvalue weighted by molar-refractivity contribution is 0.811. The lowest BCUT2D eigenvalue weighted by Gasteiger charge is -2.03. The summed E-state index contributed by atoms with van der Waals surface area (Å²) in [6.07, 6.45) is 1.78. The Hall–Kier alpha value is -3.80. The highest BCUT2D eigenvalue weighted by atomic mass is 15.4. The predicted octanol–water partition coefficient (Wildman–Crippen LogP) is 4.60. The number of fused-ring (bicyclic) bond motifs is 4. The number of aromatic nitrogens is 4. The van der Waals surface area contributed by atoms with Gasteiger partial charge in [-0.1, -0.05) is 60.7 Å². The minimum absolute atomic E-state index is 0.376. The summed E-state index contributed by atoms with van der Waals surface area (Å²) in [7, 11) is 0. The van der Waals surface area contributed by atoms with E-state index in [1.54, 1.807) is 6.21 Å². The fraction of sp³-hybridized carbons (Fsp3) is 0.0909. The molecule has 5 aromatic rings. The van der Waals surface area contributed by atoms with Crippen molar-refractivity contribution in [3.8, 4) is 0 Å². The highest BCUT2D eigenvalue weighted by Crippen LogP contribution is 2.26. The topological polar surface area (TPSA) is 68.0 Å². The van der Waals surface area contributed by atoms with Crippen LogP contribution >= 0.6 is 0 Å². The molecule has 2 heterocycles. The van der Waals surface area contributed by atoms with E-state index in [2.05, 4.69) is 61.5 Å². The summed E-state index contributed by atoms with van der Waals surface area (Å²) in [5.74, 6) is 0.376. The van der Waals surface area contributed by atoms with Crippen LogP contribution in [-0.2, 0) is 6.54 Å². The molecular weight excluding hydrogens is 348 g/mol. The van der Waals surface area contributed by atoms with Gasteiger partial charge in [0.2, 0.25) is 0 Å². The van der Waals surface area contributed by atoms with Crippen LogP contribution < -0.4 is 5.43 Å². The average molecular weight is 366 g/mol. The zero-order chi connectivity index (χ0) is 18.9. The summed E-state index contributed by atoms with van der Waals surface area (Å²) in [6, 6.07) is 22.5. The van der Waals surface area contributed by atoms with Crippen LogP contribution in [0, 0.1) is 0 Å². The first-order chi connectivity index (χ1) is 13.8. The van der Waals surface area contributed by atoms with Gasteiger partial charge in [0, 0.05) is 17.5 Å². The Labute approximate surface area is 161 Å². The van der Waals surface area contributed by atoms with Gasteiger partial charge in [0.15, 0.2) is 5.65 Å². The minimum atomic E-state index is 0.376. The number of anilines is 1. The Morgan fingerprint density at radius 2 is 1.71 bits per heavy atom. The number of hydrogen-bond acceptors (Lipinski definition) is 5. The minimum Gasteiger partial charge on any atom is -0.324 e. The number of nitrogens with zero attached hydrogens (tertiary/aromatic N) is 5. The van der Waals surface area contributed by atoms with Crippen molar-refractivity contribution in [3.63, 3.8) is 0 Å². The van der Waals surface area contributed by atoms with Crippen molar-refractivity contribution < 1.29 is 0 Å². The second kappa shape index (κ2) is 6.74. The van der Waals surface area contributed by atoms with Crippen LogP contribution in [-0.4, -0.2) is 26.0 Å². The molecule has 3 aromatic carbocycles. The van der Waals surface area contributed by atoms with Gasteiger partial charge in [-0.25, -0.2) is 5.43 Å². The van der Waals surface area contributed by atoms with Crippen molar-refractivity contribution in [2.24, 2.45) is 5.10 Å². The largest absolute Gasteiger partial charge is 0.324 e. The van der Waals surface area contributed by atoms with Crippen molar-refractivity contribution in [2.75, 3.05) is 5.43 Å². The average Bonchev–Trinajstić information content (AvgIpc) is 3.07. The smallest absolute Gasteiger partial charge is 0.265 e. The first kappa shape index (κ1) is 16.4. The molecule has 0 unspecified atom stereocenters. The second-order valence-electron chi connectivity index (χ2n) is 6.51. The molecule has 0 aliphatic rings. The predicted molar refractivity (Wildman–Crippen MR) is 114 cm³/mol. The Morgan fingerprint density at radius 1 is 0.929 bits per heavy atom. The van der Waals surface area contributed by atoms with Crippen LogP contribution in [0.3, 0.4) is 0 Å². The molecule has 0 bridgehead atoms. The monoisotopic (exact) mass is 366 g/mol. The van der Waals surface area contributed by atoms with Gasteiger partial charge < -0.3 is 4.57 Å². The maximum atomic E-state index is 4.64. The van der Waals surface area contributed by atoms with E-state index in [1.807, 2.05) is 42.5 Å². The molecule has 0 aliphatic carbocycles. The lowest BCUT2D eigenvalue weighted by Crippen LogP contribution is -2.02. The molecule has 5 rings (SSSR count). The quantitative estimate of drug-likeness (QED) is 0.373. The molecule has 0 spiro atoms. The Morgan fingerprint density at radius 3 is 2.61 bits per heavy atom. The fourth-order valence-corrected chi connectivity index (χ4v) is 3.59. The molecule has 6 heteroatoms. The maximum absolute atomic E-state index is 4.64. The molecule has 0 fully saturated rings. The molecular formula is C22H18N6. The number of hydrazone groups is 1. The van der Waals surface area contributed by atoms with Crippen molar-refractivity contribution in [1.82, 2.24) is 19.7 Å². The molecule has 2 aromatic heterocycles. The van der Waals surface area contributed by atoms with Crippen molar-refractivity contribution in [3.05, 3.63) is 72.3 Å². The number of para-hydroxylation sites is 1. The standard InChI is InChI=1S/C22H18N6/c1-2-28-19-13-6-5-12-18(19)20-21(28)24-22(27-25-20)26-23-14-16-10-7-9-15-8-3-4-11-17(15)16/h3-14H,2H2,1H3,(H,24,26,27)/b23-14+. The van der Waals surface area contributed by atoms with Crippen LogP contribution in [0.25, 0.3) is 32.8 Å². The van der Waals surface area contributed by atoms with Crippen LogP contribution in [0.15, 0.2) is 71.8 Å². The van der Waals surface area contributed by atoms with E-state index in [9.17, 15) is 0 Å². The molecule has 6 nitrogen and oxygen atoms in total. The zero-order valence-electron chi connectivity index (χ0n) is 15.4. The molecule has 28 heavy (non-hydrogen) atoms. The van der Waals surface area contributed by atoms with Crippen LogP contribution in [0.2, 0.25) is 0 Å².